The van der Waals surface area contributed by atoms with Gasteiger partial charge in [0, 0.05) is 18.2 Å². The Labute approximate surface area is 189 Å². The van der Waals surface area contributed by atoms with Crippen molar-refractivity contribution in [3.05, 3.63) is 94.3 Å². The van der Waals surface area contributed by atoms with E-state index in [0.717, 1.165) is 24.9 Å². The third kappa shape index (κ3) is 6.98. The van der Waals surface area contributed by atoms with Crippen LogP contribution in [-0.2, 0) is 19.6 Å². The number of benzene rings is 3. The van der Waals surface area contributed by atoms with Crippen LogP contribution in [0.15, 0.2) is 66.7 Å². The van der Waals surface area contributed by atoms with E-state index in [4.69, 9.17) is 21.1 Å². The Hall–Kier alpha value is -2.56. The fraction of sp³-hybridized carbons (Fsp3) is 0.308. The molecule has 0 heterocycles. The van der Waals surface area contributed by atoms with E-state index < -0.39 is 0 Å². The molecule has 1 N–H and O–H groups in total. The molecule has 0 radical (unpaired) electrons. The second-order valence-electron chi connectivity index (χ2n) is 7.51. The molecule has 3 aromatic rings. The maximum absolute atomic E-state index is 14.0. The first kappa shape index (κ1) is 23.1. The summed E-state index contributed by atoms with van der Waals surface area (Å²) in [5.41, 5.74) is 2.79. The largest absolute Gasteiger partial charge is 0.490 e. The Morgan fingerprint density at radius 1 is 0.935 bits per heavy atom. The molecule has 0 aliphatic carbocycles. The fourth-order valence-electron chi connectivity index (χ4n) is 3.29. The lowest BCUT2D eigenvalue weighted by Gasteiger charge is -2.16. The minimum atomic E-state index is -0.379. The number of hydrogen-bond acceptors (Lipinski definition) is 3. The fourth-order valence-corrected chi connectivity index (χ4v) is 3.51. The molecule has 0 amide bonds. The van der Waals surface area contributed by atoms with E-state index in [1.807, 2.05) is 31.2 Å². The molecule has 3 nitrogen and oxygen atoms in total. The van der Waals surface area contributed by atoms with Crippen LogP contribution < -0.4 is 14.8 Å². The summed E-state index contributed by atoms with van der Waals surface area (Å²) in [6.45, 7) is 5.41. The molecule has 5 heteroatoms. The molecule has 0 saturated carbocycles. The van der Waals surface area contributed by atoms with Crippen molar-refractivity contribution in [2.24, 2.45) is 0 Å². The van der Waals surface area contributed by atoms with Crippen LogP contribution in [-0.4, -0.2) is 12.6 Å². The summed E-state index contributed by atoms with van der Waals surface area (Å²) in [6.07, 6.45) is 2.11. The molecule has 164 valence electrons. The van der Waals surface area contributed by atoms with Gasteiger partial charge in [0.15, 0.2) is 11.5 Å². The highest BCUT2D eigenvalue weighted by molar-refractivity contribution is 6.31. The van der Waals surface area contributed by atoms with E-state index in [-0.39, 0.29) is 12.4 Å². The SMILES string of the molecule is CCOc1cc(CN[C@@H](C)CCc2ccccc2)ccc1OCc1c(F)cccc1Cl. The van der Waals surface area contributed by atoms with Gasteiger partial charge in [0.25, 0.3) is 0 Å². The van der Waals surface area contributed by atoms with Crippen LogP contribution in [0.3, 0.4) is 0 Å². The Balaban J connectivity index is 1.57. The molecule has 0 aromatic heterocycles. The Morgan fingerprint density at radius 3 is 2.48 bits per heavy atom. The second-order valence-corrected chi connectivity index (χ2v) is 7.92. The maximum Gasteiger partial charge on any atom is 0.161 e. The zero-order valence-electron chi connectivity index (χ0n) is 18.0. The smallest absolute Gasteiger partial charge is 0.161 e. The molecule has 3 rings (SSSR count). The van der Waals surface area contributed by atoms with Crippen LogP contribution >= 0.6 is 11.6 Å². The van der Waals surface area contributed by atoms with Gasteiger partial charge in [-0.25, -0.2) is 4.39 Å². The Kier molecular flexibility index (Phi) is 8.74. The van der Waals surface area contributed by atoms with Crippen molar-refractivity contribution >= 4 is 11.6 Å². The predicted molar refractivity (Wildman–Crippen MR) is 124 cm³/mol. The highest BCUT2D eigenvalue weighted by Gasteiger charge is 2.12. The average Bonchev–Trinajstić information content (AvgIpc) is 2.78. The number of aryl methyl sites for hydroxylation is 1. The summed E-state index contributed by atoms with van der Waals surface area (Å²) in [4.78, 5) is 0. The van der Waals surface area contributed by atoms with E-state index in [0.29, 0.717) is 34.7 Å². The number of ether oxygens (including phenoxy) is 2. The quantitative estimate of drug-likeness (QED) is 0.365. The summed E-state index contributed by atoms with van der Waals surface area (Å²) in [6, 6.07) is 21.3. The molecular formula is C26H29ClFNO2. The van der Waals surface area contributed by atoms with Gasteiger partial charge in [-0.3, -0.25) is 0 Å². The number of hydrogen-bond donors (Lipinski definition) is 1. The molecule has 0 unspecified atom stereocenters. The lowest BCUT2D eigenvalue weighted by atomic mass is 10.1. The van der Waals surface area contributed by atoms with Gasteiger partial charge in [0.05, 0.1) is 11.6 Å². The zero-order chi connectivity index (χ0) is 22.1. The van der Waals surface area contributed by atoms with Crippen molar-refractivity contribution in [1.29, 1.82) is 0 Å². The monoisotopic (exact) mass is 441 g/mol. The van der Waals surface area contributed by atoms with Gasteiger partial charge in [-0.15, -0.1) is 0 Å². The van der Waals surface area contributed by atoms with Crippen LogP contribution in [0.4, 0.5) is 4.39 Å². The third-order valence-electron chi connectivity index (χ3n) is 5.11. The van der Waals surface area contributed by atoms with Gasteiger partial charge in [-0.05, 0) is 62.1 Å². The van der Waals surface area contributed by atoms with E-state index in [2.05, 4.69) is 36.5 Å². The van der Waals surface area contributed by atoms with Gasteiger partial charge in [-0.1, -0.05) is 54.1 Å². The first-order valence-corrected chi connectivity index (χ1v) is 11.0. The molecule has 0 bridgehead atoms. The highest BCUT2D eigenvalue weighted by atomic mass is 35.5. The van der Waals surface area contributed by atoms with E-state index in [1.165, 1.54) is 11.6 Å². The lowest BCUT2D eigenvalue weighted by molar-refractivity contribution is 0.265. The summed E-state index contributed by atoms with van der Waals surface area (Å²) in [7, 11) is 0. The molecule has 3 aromatic carbocycles. The van der Waals surface area contributed by atoms with E-state index in [9.17, 15) is 4.39 Å². The second kappa shape index (κ2) is 11.7. The van der Waals surface area contributed by atoms with Crippen LogP contribution in [0.1, 0.15) is 37.0 Å². The number of halogens is 2. The molecular weight excluding hydrogens is 413 g/mol. The van der Waals surface area contributed by atoms with Crippen molar-refractivity contribution in [2.75, 3.05) is 6.61 Å². The van der Waals surface area contributed by atoms with Crippen molar-refractivity contribution in [3.8, 4) is 11.5 Å². The normalized spacial score (nSPS) is 11.9. The van der Waals surface area contributed by atoms with Crippen molar-refractivity contribution in [3.63, 3.8) is 0 Å². The lowest BCUT2D eigenvalue weighted by Crippen LogP contribution is -2.26. The number of nitrogens with one attached hydrogen (secondary N) is 1. The summed E-state index contributed by atoms with van der Waals surface area (Å²) in [5, 5.41) is 3.92. The van der Waals surface area contributed by atoms with Crippen molar-refractivity contribution in [1.82, 2.24) is 5.32 Å². The van der Waals surface area contributed by atoms with Gasteiger partial charge in [-0.2, -0.15) is 0 Å². The molecule has 0 aliphatic heterocycles. The minimum absolute atomic E-state index is 0.0414. The first-order valence-electron chi connectivity index (χ1n) is 10.7. The topological polar surface area (TPSA) is 30.5 Å². The maximum atomic E-state index is 14.0. The van der Waals surface area contributed by atoms with Gasteiger partial charge < -0.3 is 14.8 Å². The summed E-state index contributed by atoms with van der Waals surface area (Å²) < 4.78 is 25.6. The van der Waals surface area contributed by atoms with Crippen LogP contribution in [0, 0.1) is 5.82 Å². The Bertz CT molecular complexity index is 945. The molecule has 0 aliphatic rings. The third-order valence-corrected chi connectivity index (χ3v) is 5.46. The highest BCUT2D eigenvalue weighted by Crippen LogP contribution is 2.30. The van der Waals surface area contributed by atoms with E-state index in [1.54, 1.807) is 12.1 Å². The van der Waals surface area contributed by atoms with Crippen LogP contribution in [0.5, 0.6) is 11.5 Å². The van der Waals surface area contributed by atoms with Gasteiger partial charge in [0.1, 0.15) is 12.4 Å². The molecule has 0 saturated heterocycles. The molecule has 0 fully saturated rings. The van der Waals surface area contributed by atoms with Crippen LogP contribution in [0.25, 0.3) is 0 Å². The van der Waals surface area contributed by atoms with Crippen LogP contribution in [0.2, 0.25) is 5.02 Å². The standard InChI is InChI=1S/C26H29ClFNO2/c1-3-30-26-16-21(17-29-19(2)12-13-20-8-5-4-6-9-20)14-15-25(26)31-18-22-23(27)10-7-11-24(22)28/h4-11,14-16,19,29H,3,12-13,17-18H2,1-2H3/t19-/m0/s1. The van der Waals surface area contributed by atoms with E-state index >= 15 is 0 Å². The Morgan fingerprint density at radius 2 is 1.74 bits per heavy atom. The summed E-state index contributed by atoms with van der Waals surface area (Å²) in [5.74, 6) is 0.837. The molecule has 31 heavy (non-hydrogen) atoms. The molecule has 0 spiro atoms. The minimum Gasteiger partial charge on any atom is -0.490 e. The predicted octanol–water partition coefficient (Wildman–Crippen LogP) is 6.57. The summed E-state index contributed by atoms with van der Waals surface area (Å²) >= 11 is 6.10. The number of rotatable bonds is 11. The van der Waals surface area contributed by atoms with Crippen molar-refractivity contribution in [2.45, 2.75) is 45.9 Å². The average molecular weight is 442 g/mol. The molecule has 1 atom stereocenters. The van der Waals surface area contributed by atoms with Crippen molar-refractivity contribution < 1.29 is 13.9 Å². The van der Waals surface area contributed by atoms with Gasteiger partial charge in [0.2, 0.25) is 0 Å². The van der Waals surface area contributed by atoms with Gasteiger partial charge >= 0.3 is 0 Å². The zero-order valence-corrected chi connectivity index (χ0v) is 18.8. The first-order chi connectivity index (χ1) is 15.1.